The van der Waals surface area contributed by atoms with E-state index in [0.29, 0.717) is 11.4 Å². The normalized spacial score (nSPS) is 12.8. The third kappa shape index (κ3) is 2.54. The van der Waals surface area contributed by atoms with Crippen LogP contribution in [0.2, 0.25) is 0 Å². The van der Waals surface area contributed by atoms with Crippen LogP contribution in [0.15, 0.2) is 36.4 Å². The first-order valence-corrected chi connectivity index (χ1v) is 6.94. The maximum atomic E-state index is 11.3. The van der Waals surface area contributed by atoms with Crippen molar-refractivity contribution in [3.05, 3.63) is 57.6 Å². The van der Waals surface area contributed by atoms with Gasteiger partial charge in [-0.2, -0.15) is 0 Å². The minimum Gasteiger partial charge on any atom is -0.450 e. The molecule has 0 radical (unpaired) electrons. The first-order valence-electron chi connectivity index (χ1n) is 6.94. The summed E-state index contributed by atoms with van der Waals surface area (Å²) in [5, 5.41) is 14.1. The number of aryl methyl sites for hydroxylation is 2. The van der Waals surface area contributed by atoms with Crippen molar-refractivity contribution in [1.29, 1.82) is 0 Å². The first kappa shape index (κ1) is 13.4. The van der Waals surface area contributed by atoms with E-state index in [4.69, 9.17) is 4.74 Å². The molecule has 1 aliphatic carbocycles. The van der Waals surface area contributed by atoms with Gasteiger partial charge in [0.1, 0.15) is 11.4 Å². The predicted octanol–water partition coefficient (Wildman–Crippen LogP) is 3.92. The first-order chi connectivity index (χ1) is 10.2. The lowest BCUT2D eigenvalue weighted by molar-refractivity contribution is -0.384. The average molecular weight is 284 g/mol. The molecular weight excluding hydrogens is 268 g/mol. The summed E-state index contributed by atoms with van der Waals surface area (Å²) in [6.45, 7) is 0. The maximum Gasteiger partial charge on any atom is 0.334 e. The Bertz CT molecular complexity index is 698. The molecule has 2 aromatic rings. The van der Waals surface area contributed by atoms with Gasteiger partial charge in [0.2, 0.25) is 5.75 Å². The molecular formula is C16H16N2O3. The highest BCUT2D eigenvalue weighted by Gasteiger charge is 2.21. The number of hydrogen-bond acceptors (Lipinski definition) is 4. The summed E-state index contributed by atoms with van der Waals surface area (Å²) in [4.78, 5) is 10.8. The Hall–Kier alpha value is -2.56. The van der Waals surface area contributed by atoms with E-state index in [-0.39, 0.29) is 11.4 Å². The summed E-state index contributed by atoms with van der Waals surface area (Å²) in [7, 11) is 1.65. The van der Waals surface area contributed by atoms with Gasteiger partial charge >= 0.3 is 5.69 Å². The van der Waals surface area contributed by atoms with Crippen molar-refractivity contribution in [3.8, 4) is 11.5 Å². The highest BCUT2D eigenvalue weighted by atomic mass is 16.6. The Kier molecular flexibility index (Phi) is 3.48. The summed E-state index contributed by atoms with van der Waals surface area (Å²) in [6, 6.07) is 10.9. The van der Waals surface area contributed by atoms with E-state index in [2.05, 4.69) is 5.32 Å². The molecule has 0 saturated carbocycles. The van der Waals surface area contributed by atoms with Gasteiger partial charge in [-0.25, -0.2) is 0 Å². The minimum absolute atomic E-state index is 0.0412. The molecule has 0 fully saturated rings. The van der Waals surface area contributed by atoms with E-state index < -0.39 is 4.92 Å². The highest BCUT2D eigenvalue weighted by Crippen LogP contribution is 2.38. The van der Waals surface area contributed by atoms with Crippen molar-refractivity contribution in [1.82, 2.24) is 0 Å². The molecule has 3 rings (SSSR count). The van der Waals surface area contributed by atoms with Gasteiger partial charge in [0.25, 0.3) is 0 Å². The molecule has 0 amide bonds. The van der Waals surface area contributed by atoms with Crippen LogP contribution in [0.4, 0.5) is 11.4 Å². The summed E-state index contributed by atoms with van der Waals surface area (Å²) >= 11 is 0. The van der Waals surface area contributed by atoms with Gasteiger partial charge < -0.3 is 10.1 Å². The molecule has 108 valence electrons. The third-order valence-corrected chi connectivity index (χ3v) is 3.75. The van der Waals surface area contributed by atoms with Gasteiger partial charge in [-0.1, -0.05) is 12.1 Å². The van der Waals surface area contributed by atoms with Gasteiger partial charge in [-0.3, -0.25) is 10.1 Å². The van der Waals surface area contributed by atoms with Gasteiger partial charge in [0.05, 0.1) is 4.92 Å². The van der Waals surface area contributed by atoms with Gasteiger partial charge in [-0.05, 0) is 54.7 Å². The van der Waals surface area contributed by atoms with E-state index in [1.54, 1.807) is 25.2 Å². The van der Waals surface area contributed by atoms with Crippen LogP contribution in [0, 0.1) is 10.1 Å². The topological polar surface area (TPSA) is 64.4 Å². The number of rotatable bonds is 4. The van der Waals surface area contributed by atoms with Gasteiger partial charge in [0, 0.05) is 7.05 Å². The summed E-state index contributed by atoms with van der Waals surface area (Å²) in [5.41, 5.74) is 3.03. The molecule has 2 aromatic carbocycles. The van der Waals surface area contributed by atoms with Gasteiger partial charge in [0.15, 0.2) is 0 Å². The Morgan fingerprint density at radius 1 is 1.19 bits per heavy atom. The fourth-order valence-corrected chi connectivity index (χ4v) is 2.73. The Labute approximate surface area is 122 Å². The van der Waals surface area contributed by atoms with Crippen molar-refractivity contribution in [2.45, 2.75) is 19.3 Å². The van der Waals surface area contributed by atoms with Gasteiger partial charge in [-0.15, -0.1) is 0 Å². The lowest BCUT2D eigenvalue weighted by Crippen LogP contribution is -1.99. The molecule has 0 saturated heterocycles. The molecule has 1 N–H and O–H groups in total. The van der Waals surface area contributed by atoms with Crippen LogP contribution in [0.25, 0.3) is 0 Å². The van der Waals surface area contributed by atoms with Crippen LogP contribution in [0.5, 0.6) is 11.5 Å². The molecule has 0 aromatic heterocycles. The van der Waals surface area contributed by atoms with Crippen LogP contribution in [0.1, 0.15) is 17.5 Å². The summed E-state index contributed by atoms with van der Waals surface area (Å²) in [6.07, 6.45) is 3.31. The molecule has 0 bridgehead atoms. The molecule has 21 heavy (non-hydrogen) atoms. The SMILES string of the molecule is CNc1cccc(Oc2ccc3c(c2)CCC3)c1[N+](=O)[O-]. The quantitative estimate of drug-likeness (QED) is 0.682. The average Bonchev–Trinajstić information content (AvgIpc) is 2.94. The number of anilines is 1. The number of nitro benzene ring substituents is 1. The highest BCUT2D eigenvalue weighted by molar-refractivity contribution is 5.68. The Morgan fingerprint density at radius 2 is 2.00 bits per heavy atom. The molecule has 5 heteroatoms. The van der Waals surface area contributed by atoms with E-state index in [1.165, 1.54) is 11.1 Å². The number of para-hydroxylation sites is 1. The number of nitrogens with one attached hydrogen (secondary N) is 1. The molecule has 1 aliphatic rings. The zero-order valence-electron chi connectivity index (χ0n) is 11.8. The molecule has 5 nitrogen and oxygen atoms in total. The lowest BCUT2D eigenvalue weighted by atomic mass is 10.1. The molecule has 0 atom stereocenters. The van der Waals surface area contributed by atoms with Crippen LogP contribution in [-0.2, 0) is 12.8 Å². The van der Waals surface area contributed by atoms with Crippen molar-refractivity contribution in [2.24, 2.45) is 0 Å². The van der Waals surface area contributed by atoms with Crippen LogP contribution in [0.3, 0.4) is 0 Å². The second-order valence-electron chi connectivity index (χ2n) is 5.05. The van der Waals surface area contributed by atoms with Crippen molar-refractivity contribution in [3.63, 3.8) is 0 Å². The number of fused-ring (bicyclic) bond motifs is 1. The van der Waals surface area contributed by atoms with E-state index >= 15 is 0 Å². The molecule has 0 spiro atoms. The summed E-state index contributed by atoms with van der Waals surface area (Å²) < 4.78 is 5.76. The second kappa shape index (κ2) is 5.44. The largest absolute Gasteiger partial charge is 0.450 e. The number of hydrogen-bond donors (Lipinski definition) is 1. The number of nitrogens with zero attached hydrogens (tertiary/aromatic N) is 1. The number of benzene rings is 2. The molecule has 0 heterocycles. The molecule has 0 unspecified atom stereocenters. The molecule has 0 aliphatic heterocycles. The van der Waals surface area contributed by atoms with Crippen LogP contribution in [-0.4, -0.2) is 12.0 Å². The fraction of sp³-hybridized carbons (Fsp3) is 0.250. The Morgan fingerprint density at radius 3 is 2.76 bits per heavy atom. The maximum absolute atomic E-state index is 11.3. The zero-order chi connectivity index (χ0) is 14.8. The van der Waals surface area contributed by atoms with E-state index in [0.717, 1.165) is 19.3 Å². The third-order valence-electron chi connectivity index (χ3n) is 3.75. The van der Waals surface area contributed by atoms with Crippen molar-refractivity contribution >= 4 is 11.4 Å². The monoisotopic (exact) mass is 284 g/mol. The number of nitro groups is 1. The predicted molar refractivity (Wildman–Crippen MR) is 81.2 cm³/mol. The van der Waals surface area contributed by atoms with E-state index in [9.17, 15) is 10.1 Å². The van der Waals surface area contributed by atoms with Crippen LogP contribution >= 0.6 is 0 Å². The summed E-state index contributed by atoms with van der Waals surface area (Å²) in [5.74, 6) is 0.900. The fourth-order valence-electron chi connectivity index (χ4n) is 2.73. The zero-order valence-corrected chi connectivity index (χ0v) is 11.8. The van der Waals surface area contributed by atoms with Crippen molar-refractivity contribution < 1.29 is 9.66 Å². The number of ether oxygens (including phenoxy) is 1. The Balaban J connectivity index is 1.96. The second-order valence-corrected chi connectivity index (χ2v) is 5.05. The van der Waals surface area contributed by atoms with Crippen LogP contribution < -0.4 is 10.1 Å². The van der Waals surface area contributed by atoms with Crippen molar-refractivity contribution in [2.75, 3.05) is 12.4 Å². The standard InChI is InChI=1S/C16H16N2O3/c1-17-14-6-3-7-15(16(14)18(19)20)21-13-9-8-11-4-2-5-12(11)10-13/h3,6-10,17H,2,4-5H2,1H3. The smallest absolute Gasteiger partial charge is 0.334 e. The minimum atomic E-state index is -0.422. The lowest BCUT2D eigenvalue weighted by Gasteiger charge is -2.10. The van der Waals surface area contributed by atoms with E-state index in [1.807, 2.05) is 18.2 Å².